The lowest BCUT2D eigenvalue weighted by Gasteiger charge is -2.47. The molecule has 2 heterocycles. The predicted molar refractivity (Wildman–Crippen MR) is 91.7 cm³/mol. The van der Waals surface area contributed by atoms with Gasteiger partial charge in [-0.1, -0.05) is 35.9 Å². The summed E-state index contributed by atoms with van der Waals surface area (Å²) in [6, 6.07) is 16.3. The molecule has 0 saturated carbocycles. The van der Waals surface area contributed by atoms with Gasteiger partial charge in [0, 0.05) is 42.8 Å². The molecule has 2 aromatic carbocycles. The molecule has 0 atom stereocenters. The predicted octanol–water partition coefficient (Wildman–Crippen LogP) is 3.22. The summed E-state index contributed by atoms with van der Waals surface area (Å²) >= 11 is 5.88. The van der Waals surface area contributed by atoms with Crippen LogP contribution in [0.25, 0.3) is 0 Å². The molecule has 4 rings (SSSR count). The molecule has 23 heavy (non-hydrogen) atoms. The Morgan fingerprint density at radius 1 is 1.00 bits per heavy atom. The van der Waals surface area contributed by atoms with Gasteiger partial charge in [0.25, 0.3) is 5.91 Å². The quantitative estimate of drug-likeness (QED) is 0.846. The van der Waals surface area contributed by atoms with Gasteiger partial charge >= 0.3 is 0 Å². The van der Waals surface area contributed by atoms with E-state index in [4.69, 9.17) is 11.6 Å². The topological polar surface area (TPSA) is 23.6 Å². The molecule has 1 fully saturated rings. The average molecular weight is 327 g/mol. The Morgan fingerprint density at radius 2 is 1.70 bits per heavy atom. The van der Waals surface area contributed by atoms with E-state index in [1.54, 1.807) is 24.3 Å². The molecule has 0 radical (unpaired) electrons. The fourth-order valence-corrected chi connectivity index (χ4v) is 3.58. The molecule has 3 nitrogen and oxygen atoms in total. The highest BCUT2D eigenvalue weighted by Crippen LogP contribution is 2.25. The van der Waals surface area contributed by atoms with Gasteiger partial charge in [0.15, 0.2) is 0 Å². The minimum absolute atomic E-state index is 0.107. The number of likely N-dealkylation sites (tertiary alicyclic amines) is 1. The zero-order chi connectivity index (χ0) is 15.8. The lowest BCUT2D eigenvalue weighted by atomic mass is 9.96. The Bertz CT molecular complexity index is 722. The first-order valence-corrected chi connectivity index (χ1v) is 8.44. The standard InChI is InChI=1S/C19H19ClN2O/c20-17-7-5-15(6-8-17)19(23)22-12-18(13-22)21-10-9-14-3-1-2-4-16(14)11-21/h1-8,18H,9-13H2. The third-order valence-corrected chi connectivity index (χ3v) is 5.17. The van der Waals surface area contributed by atoms with E-state index >= 15 is 0 Å². The second-order valence-electron chi connectivity index (χ2n) is 6.36. The van der Waals surface area contributed by atoms with E-state index in [0.29, 0.717) is 11.1 Å². The third kappa shape index (κ3) is 2.87. The van der Waals surface area contributed by atoms with E-state index in [9.17, 15) is 4.79 Å². The maximum atomic E-state index is 12.4. The van der Waals surface area contributed by atoms with Crippen molar-refractivity contribution >= 4 is 17.5 Å². The fraction of sp³-hybridized carbons (Fsp3) is 0.316. The highest BCUT2D eigenvalue weighted by Gasteiger charge is 2.36. The van der Waals surface area contributed by atoms with Crippen LogP contribution in [0.4, 0.5) is 0 Å². The summed E-state index contributed by atoms with van der Waals surface area (Å²) in [5.74, 6) is 0.107. The van der Waals surface area contributed by atoms with E-state index in [1.807, 2.05) is 4.90 Å². The highest BCUT2D eigenvalue weighted by molar-refractivity contribution is 6.30. The second-order valence-corrected chi connectivity index (χ2v) is 6.80. The number of hydrogen-bond acceptors (Lipinski definition) is 2. The van der Waals surface area contributed by atoms with Crippen molar-refractivity contribution in [2.24, 2.45) is 0 Å². The van der Waals surface area contributed by atoms with Crippen molar-refractivity contribution in [2.45, 2.75) is 19.0 Å². The number of nitrogens with zero attached hydrogens (tertiary/aromatic N) is 2. The molecule has 118 valence electrons. The Balaban J connectivity index is 1.37. The molecule has 2 aromatic rings. The summed E-state index contributed by atoms with van der Waals surface area (Å²) in [7, 11) is 0. The van der Waals surface area contributed by atoms with Crippen LogP contribution in [0.2, 0.25) is 5.02 Å². The van der Waals surface area contributed by atoms with E-state index in [0.717, 1.165) is 38.2 Å². The van der Waals surface area contributed by atoms with Gasteiger partial charge in [0.05, 0.1) is 0 Å². The van der Waals surface area contributed by atoms with E-state index in [1.165, 1.54) is 11.1 Å². The molecular formula is C19H19ClN2O. The molecular weight excluding hydrogens is 308 g/mol. The fourth-order valence-electron chi connectivity index (χ4n) is 3.46. The normalized spacial score (nSPS) is 18.4. The zero-order valence-corrected chi connectivity index (χ0v) is 13.7. The number of amides is 1. The molecule has 0 aromatic heterocycles. The monoisotopic (exact) mass is 326 g/mol. The van der Waals surface area contributed by atoms with E-state index in [2.05, 4.69) is 29.2 Å². The molecule has 0 aliphatic carbocycles. The molecule has 0 spiro atoms. The summed E-state index contributed by atoms with van der Waals surface area (Å²) < 4.78 is 0. The number of carbonyl (C=O) groups is 1. The van der Waals surface area contributed by atoms with Crippen molar-refractivity contribution < 1.29 is 4.79 Å². The van der Waals surface area contributed by atoms with Gasteiger partial charge in [-0.2, -0.15) is 0 Å². The summed E-state index contributed by atoms with van der Waals surface area (Å²) in [5, 5.41) is 0.662. The van der Waals surface area contributed by atoms with E-state index < -0.39 is 0 Å². The van der Waals surface area contributed by atoms with Crippen molar-refractivity contribution in [3.05, 3.63) is 70.2 Å². The summed E-state index contributed by atoms with van der Waals surface area (Å²) in [6.07, 6.45) is 1.11. The lowest BCUT2D eigenvalue weighted by molar-refractivity contribution is 0.0218. The van der Waals surface area contributed by atoms with Crippen LogP contribution in [-0.2, 0) is 13.0 Å². The molecule has 0 N–H and O–H groups in total. The third-order valence-electron chi connectivity index (χ3n) is 4.92. The number of rotatable bonds is 2. The maximum Gasteiger partial charge on any atom is 0.253 e. The highest BCUT2D eigenvalue weighted by atomic mass is 35.5. The first-order valence-electron chi connectivity index (χ1n) is 8.06. The van der Waals surface area contributed by atoms with Crippen LogP contribution < -0.4 is 0 Å². The van der Waals surface area contributed by atoms with Gasteiger partial charge in [-0.15, -0.1) is 0 Å². The number of halogens is 1. The minimum atomic E-state index is 0.107. The van der Waals surface area contributed by atoms with Gasteiger partial charge in [0.1, 0.15) is 0 Å². The van der Waals surface area contributed by atoms with Gasteiger partial charge in [-0.05, 0) is 41.8 Å². The number of hydrogen-bond donors (Lipinski definition) is 0. The number of benzene rings is 2. The average Bonchev–Trinajstić information content (AvgIpc) is 2.54. The zero-order valence-electron chi connectivity index (χ0n) is 12.9. The first-order chi connectivity index (χ1) is 11.2. The lowest BCUT2D eigenvalue weighted by Crippen LogP contribution is -2.61. The Kier molecular flexibility index (Phi) is 3.83. The SMILES string of the molecule is O=C(c1ccc(Cl)cc1)N1CC(N2CCc3ccccc3C2)C1. The van der Waals surface area contributed by atoms with E-state index in [-0.39, 0.29) is 5.91 Å². The molecule has 0 bridgehead atoms. The first kappa shape index (κ1) is 14.7. The van der Waals surface area contributed by atoms with Crippen molar-refractivity contribution in [1.29, 1.82) is 0 Å². The van der Waals surface area contributed by atoms with Crippen LogP contribution in [0.1, 0.15) is 21.5 Å². The Hall–Kier alpha value is -1.84. The number of carbonyl (C=O) groups excluding carboxylic acids is 1. The van der Waals surface area contributed by atoms with Crippen LogP contribution in [0.5, 0.6) is 0 Å². The van der Waals surface area contributed by atoms with Crippen LogP contribution >= 0.6 is 11.6 Å². The summed E-state index contributed by atoms with van der Waals surface area (Å²) in [4.78, 5) is 16.9. The van der Waals surface area contributed by atoms with Gasteiger partial charge in [0.2, 0.25) is 0 Å². The molecule has 2 aliphatic heterocycles. The van der Waals surface area contributed by atoms with Crippen molar-refractivity contribution in [3.63, 3.8) is 0 Å². The van der Waals surface area contributed by atoms with Crippen molar-refractivity contribution in [3.8, 4) is 0 Å². The molecule has 4 heteroatoms. The van der Waals surface area contributed by atoms with Crippen LogP contribution in [0.3, 0.4) is 0 Å². The molecule has 0 unspecified atom stereocenters. The minimum Gasteiger partial charge on any atom is -0.335 e. The Labute approximate surface area is 141 Å². The molecule has 2 aliphatic rings. The van der Waals surface area contributed by atoms with Gasteiger partial charge in [-0.3, -0.25) is 9.69 Å². The van der Waals surface area contributed by atoms with Crippen LogP contribution in [0, 0.1) is 0 Å². The van der Waals surface area contributed by atoms with Crippen LogP contribution in [-0.4, -0.2) is 41.4 Å². The summed E-state index contributed by atoms with van der Waals surface area (Å²) in [5.41, 5.74) is 3.62. The van der Waals surface area contributed by atoms with Crippen LogP contribution in [0.15, 0.2) is 48.5 Å². The van der Waals surface area contributed by atoms with Gasteiger partial charge < -0.3 is 4.90 Å². The second kappa shape index (κ2) is 5.99. The maximum absolute atomic E-state index is 12.4. The van der Waals surface area contributed by atoms with Crippen molar-refractivity contribution in [1.82, 2.24) is 9.80 Å². The smallest absolute Gasteiger partial charge is 0.253 e. The number of fused-ring (bicyclic) bond motifs is 1. The molecule has 1 saturated heterocycles. The molecule has 1 amide bonds. The van der Waals surface area contributed by atoms with Gasteiger partial charge in [-0.25, -0.2) is 0 Å². The largest absolute Gasteiger partial charge is 0.335 e. The Morgan fingerprint density at radius 3 is 2.43 bits per heavy atom. The van der Waals surface area contributed by atoms with Crippen molar-refractivity contribution in [2.75, 3.05) is 19.6 Å². The summed E-state index contributed by atoms with van der Waals surface area (Å²) in [6.45, 7) is 3.74.